The molecule has 0 saturated heterocycles. The van der Waals surface area contributed by atoms with Gasteiger partial charge in [-0.1, -0.05) is 39.3 Å². The van der Waals surface area contributed by atoms with Crippen LogP contribution < -0.4 is 48.1 Å². The highest BCUT2D eigenvalue weighted by atomic mass is 33.1. The lowest BCUT2D eigenvalue weighted by molar-refractivity contribution is -0.145. The smallest absolute Gasteiger partial charge is 0.404 e. The third-order valence-corrected chi connectivity index (χ3v) is 12.8. The number of rotatable bonds is 35. The summed E-state index contributed by atoms with van der Waals surface area (Å²) >= 11 is 0.506. The molecule has 0 aromatic carbocycles. The van der Waals surface area contributed by atoms with E-state index in [4.69, 9.17) is 10.9 Å². The molecule has 8 amide bonds. The van der Waals surface area contributed by atoms with Crippen molar-refractivity contribution in [1.29, 1.82) is 0 Å². The van der Waals surface area contributed by atoms with Crippen molar-refractivity contribution < 1.29 is 101 Å². The van der Waals surface area contributed by atoms with Gasteiger partial charge in [-0.3, -0.25) is 52.7 Å². The Morgan fingerprint density at radius 2 is 1.04 bits per heavy atom. The van der Waals surface area contributed by atoms with Crippen LogP contribution in [0.1, 0.15) is 64.2 Å². The number of carboxylic acid groups (broad SMARTS) is 5. The highest BCUT2D eigenvalue weighted by Crippen LogP contribution is 2.22. The molecule has 32 nitrogen and oxygen atoms in total. The summed E-state index contributed by atoms with van der Waals surface area (Å²) in [6, 6.07) is -10.1. The van der Waals surface area contributed by atoms with E-state index >= 15 is 0 Å². The number of primary sulfonamides is 1. The first kappa shape index (κ1) is 61.1. The van der Waals surface area contributed by atoms with Gasteiger partial charge in [0.2, 0.25) is 50.8 Å². The number of amides is 8. The van der Waals surface area contributed by atoms with Gasteiger partial charge in [0.15, 0.2) is 0 Å². The summed E-state index contributed by atoms with van der Waals surface area (Å²) in [6.07, 6.45) is -6.01. The first-order valence-corrected chi connectivity index (χ1v) is 24.7. The number of carbonyl (C=O) groups is 13. The van der Waals surface area contributed by atoms with Crippen LogP contribution in [0.15, 0.2) is 4.34 Å². The lowest BCUT2D eigenvalue weighted by Crippen LogP contribution is -2.59. The minimum absolute atomic E-state index is 0.104. The van der Waals surface area contributed by atoms with Crippen molar-refractivity contribution in [2.75, 3.05) is 30.0 Å². The van der Waals surface area contributed by atoms with E-state index in [-0.39, 0.29) is 55.5 Å². The van der Waals surface area contributed by atoms with E-state index in [0.717, 1.165) is 21.6 Å². The Balaban J connectivity index is 2.88. The van der Waals surface area contributed by atoms with Gasteiger partial charge in [-0.2, -0.15) is 0 Å². The monoisotopic (exact) mass is 1080 g/mol. The number of aromatic nitrogens is 2. The standard InChI is InChI=1S/C34H49N11O21S4/c35-32(63)66-8-9-67-68-14-19(31(61)62)42-30(60)18(13-26(55)56)41-29(59)17(12-25(53)54)40-28(58)16(11-24(51)52)39-27(57)15(10-23(49)50)38-21(47)4-2-1-3-7-37-20(46)5-6-22(48)43-33-44-45-34(69-33)70(36,64)65/h15-19H,1-14H2,(H2,35,63)(H,37,46)(H,38,47)(H,39,57)(H,40,58)(H,41,59)(H,42,60)(H,49,50)(H,51,52)(H,53,54)(H,55,56)(H,61,62)(H2,36,64,65)(H,43,44,48)/t15-,16-,17-,18-,19-/m0/s1. The van der Waals surface area contributed by atoms with Crippen LogP contribution in [0.2, 0.25) is 0 Å². The van der Waals surface area contributed by atoms with Crippen LogP contribution in [-0.2, 0) is 72.3 Å². The molecular weight excluding hydrogens is 1030 g/mol. The lowest BCUT2D eigenvalue weighted by atomic mass is 10.1. The fourth-order valence-corrected chi connectivity index (χ4v) is 8.44. The lowest BCUT2D eigenvalue weighted by Gasteiger charge is -2.25. The summed E-state index contributed by atoms with van der Waals surface area (Å²) in [5, 5.41) is 73.5. The summed E-state index contributed by atoms with van der Waals surface area (Å²) in [7, 11) is -2.23. The number of hydrogen-bond donors (Lipinski definition) is 14. The highest BCUT2D eigenvalue weighted by Gasteiger charge is 2.35. The molecule has 1 aromatic heterocycles. The van der Waals surface area contributed by atoms with Crippen LogP contribution in [0.25, 0.3) is 0 Å². The molecule has 1 heterocycles. The third kappa shape index (κ3) is 26.6. The van der Waals surface area contributed by atoms with Crippen molar-refractivity contribution in [3.8, 4) is 0 Å². The van der Waals surface area contributed by atoms with E-state index in [1.54, 1.807) is 0 Å². The van der Waals surface area contributed by atoms with Gasteiger partial charge in [0.25, 0.3) is 10.0 Å². The van der Waals surface area contributed by atoms with Crippen molar-refractivity contribution >= 4 is 125 Å². The molecule has 390 valence electrons. The number of carboxylic acids is 5. The van der Waals surface area contributed by atoms with Crippen molar-refractivity contribution in [3.05, 3.63) is 0 Å². The molecule has 0 radical (unpaired) electrons. The average Bonchev–Trinajstić information content (AvgIpc) is 3.72. The van der Waals surface area contributed by atoms with E-state index in [0.29, 0.717) is 24.2 Å². The van der Waals surface area contributed by atoms with Gasteiger partial charge in [-0.25, -0.2) is 23.1 Å². The Morgan fingerprint density at radius 1 is 0.586 bits per heavy atom. The maximum Gasteiger partial charge on any atom is 0.404 e. The number of nitrogens with zero attached hydrogens (tertiary/aromatic N) is 2. The summed E-state index contributed by atoms with van der Waals surface area (Å²) in [5.74, 6) is -16.6. The number of sulfonamides is 1. The van der Waals surface area contributed by atoms with Crippen molar-refractivity contribution in [2.24, 2.45) is 10.9 Å². The number of primary amides is 1. The topological polar surface area (TPSA) is 528 Å². The van der Waals surface area contributed by atoms with E-state index in [9.17, 15) is 96.3 Å². The Kier molecular flexibility index (Phi) is 27.3. The minimum atomic E-state index is -4.13. The molecule has 0 fully saturated rings. The van der Waals surface area contributed by atoms with Crippen LogP contribution in [0.5, 0.6) is 0 Å². The molecule has 5 atom stereocenters. The van der Waals surface area contributed by atoms with Gasteiger partial charge in [0.1, 0.15) is 36.8 Å². The molecule has 0 aliphatic carbocycles. The molecular formula is C34H49N11O21S4. The summed E-state index contributed by atoms with van der Waals surface area (Å²) in [6.45, 7) is -0.0313. The van der Waals surface area contributed by atoms with E-state index in [1.807, 2.05) is 21.3 Å². The summed E-state index contributed by atoms with van der Waals surface area (Å²) in [4.78, 5) is 159. The van der Waals surface area contributed by atoms with Crippen LogP contribution in [0.4, 0.5) is 9.93 Å². The summed E-state index contributed by atoms with van der Waals surface area (Å²) < 4.78 is 26.6. The van der Waals surface area contributed by atoms with Crippen molar-refractivity contribution in [1.82, 2.24) is 42.1 Å². The van der Waals surface area contributed by atoms with Gasteiger partial charge in [0, 0.05) is 37.3 Å². The molecule has 0 saturated carbocycles. The molecule has 70 heavy (non-hydrogen) atoms. The second-order valence-electron chi connectivity index (χ2n) is 14.0. The first-order chi connectivity index (χ1) is 32.7. The second kappa shape index (κ2) is 31.3. The molecule has 0 aliphatic heterocycles. The van der Waals surface area contributed by atoms with Crippen LogP contribution in [0, 0.1) is 0 Å². The number of hydrogen-bond acceptors (Lipinski definition) is 21. The number of unbranched alkanes of at least 4 members (excludes halogenated alkanes) is 2. The molecule has 36 heteroatoms. The Hall–Kier alpha value is -6.92. The van der Waals surface area contributed by atoms with Gasteiger partial charge in [-0.15, -0.1) is 10.2 Å². The van der Waals surface area contributed by atoms with Gasteiger partial charge in [0.05, 0.1) is 25.7 Å². The molecule has 0 spiro atoms. The number of nitrogens with two attached hydrogens (primary N) is 2. The number of carbonyl (C=O) groups excluding carboxylic acids is 8. The molecule has 0 aliphatic rings. The van der Waals surface area contributed by atoms with Gasteiger partial charge < -0.3 is 73.2 Å². The zero-order chi connectivity index (χ0) is 53.1. The normalized spacial score (nSPS) is 13.0. The average molecular weight is 1080 g/mol. The first-order valence-electron chi connectivity index (χ1n) is 19.9. The van der Waals surface area contributed by atoms with Gasteiger partial charge >= 0.3 is 35.9 Å². The minimum Gasteiger partial charge on any atom is -0.481 e. The fourth-order valence-electron chi connectivity index (χ4n) is 5.11. The van der Waals surface area contributed by atoms with Crippen LogP contribution in [0.3, 0.4) is 0 Å². The van der Waals surface area contributed by atoms with E-state index in [1.165, 1.54) is 0 Å². The van der Waals surface area contributed by atoms with Crippen LogP contribution >= 0.6 is 32.9 Å². The Bertz CT molecular complexity index is 2210. The van der Waals surface area contributed by atoms with Crippen molar-refractivity contribution in [3.63, 3.8) is 0 Å². The Labute approximate surface area is 406 Å². The predicted molar refractivity (Wildman–Crippen MR) is 237 cm³/mol. The van der Waals surface area contributed by atoms with Gasteiger partial charge in [-0.05, 0) is 12.8 Å². The Morgan fingerprint density at radius 3 is 1.47 bits per heavy atom. The van der Waals surface area contributed by atoms with E-state index in [2.05, 4.69) is 30.9 Å². The second-order valence-corrected chi connectivity index (χ2v) is 19.3. The SMILES string of the molecule is NC(=O)OCCSSC[C@H](NC(=O)[C@H](CC(=O)O)NC(=O)[C@H](CC(=O)O)NC(=O)[C@H](CC(=O)O)NC(=O)[C@H](CC(=O)O)NC(=O)CCCCCNC(=O)CCC(=O)Nc1nnc(S(N)(=O)=O)s1)C(=O)O. The van der Waals surface area contributed by atoms with E-state index < -0.39 is 148 Å². The fraction of sp³-hybridized carbons (Fsp3) is 0.559. The largest absolute Gasteiger partial charge is 0.481 e. The molecule has 0 unspecified atom stereocenters. The van der Waals surface area contributed by atoms with Crippen LogP contribution in [-0.4, -0.2) is 176 Å². The predicted octanol–water partition coefficient (Wildman–Crippen LogP) is -4.54. The number of nitrogens with one attached hydrogen (secondary N) is 7. The zero-order valence-corrected chi connectivity index (χ0v) is 39.5. The quantitative estimate of drug-likeness (QED) is 0.0173. The molecule has 0 bridgehead atoms. The molecule has 1 rings (SSSR count). The maximum absolute atomic E-state index is 13.3. The number of aliphatic carboxylic acids is 5. The number of ether oxygens (including phenoxy) is 1. The van der Waals surface area contributed by atoms with Crippen molar-refractivity contribution in [2.45, 2.75) is 98.8 Å². The molecule has 1 aromatic rings. The third-order valence-electron chi connectivity index (χ3n) is 8.29. The summed E-state index contributed by atoms with van der Waals surface area (Å²) in [5.41, 5.74) is 4.84. The zero-order valence-electron chi connectivity index (χ0n) is 36.2. The highest BCUT2D eigenvalue weighted by molar-refractivity contribution is 8.76. The number of anilines is 1. The maximum atomic E-state index is 13.3. The molecule has 16 N–H and O–H groups in total.